The maximum absolute atomic E-state index is 12.0. The third-order valence-corrected chi connectivity index (χ3v) is 5.22. The Kier molecular flexibility index (Phi) is 4.80. The van der Waals surface area contributed by atoms with Gasteiger partial charge in [-0.05, 0) is 47.2 Å². The van der Waals surface area contributed by atoms with Crippen molar-refractivity contribution in [2.24, 2.45) is 0 Å². The summed E-state index contributed by atoms with van der Waals surface area (Å²) in [4.78, 5) is 0.928. The number of thiophene rings is 1. The van der Waals surface area contributed by atoms with Gasteiger partial charge in [0.1, 0.15) is 5.76 Å². The molecule has 2 aromatic rings. The number of rotatable bonds is 6. The van der Waals surface area contributed by atoms with E-state index in [1.165, 1.54) is 17.4 Å². The predicted molar refractivity (Wildman–Crippen MR) is 77.5 cm³/mol. The van der Waals surface area contributed by atoms with Gasteiger partial charge in [0.05, 0.1) is 10.3 Å². The number of sulfonamides is 1. The largest absolute Gasteiger partial charge is 0.447 e. The molecule has 0 saturated carbocycles. The van der Waals surface area contributed by atoms with Crippen LogP contribution in [0.2, 0.25) is 0 Å². The zero-order chi connectivity index (χ0) is 13.9. The predicted octanol–water partition coefficient (Wildman–Crippen LogP) is 2.30. The van der Waals surface area contributed by atoms with Gasteiger partial charge in [0.25, 0.3) is 10.0 Å². The Morgan fingerprint density at radius 3 is 2.68 bits per heavy atom. The van der Waals surface area contributed by atoms with Gasteiger partial charge < -0.3 is 9.73 Å². The maximum Gasteiger partial charge on any atom is 0.274 e. The van der Waals surface area contributed by atoms with Crippen LogP contribution in [0.4, 0.5) is 0 Å². The molecule has 0 amide bonds. The Hall–Kier alpha value is -0.670. The second kappa shape index (κ2) is 6.19. The van der Waals surface area contributed by atoms with Crippen molar-refractivity contribution in [1.82, 2.24) is 10.0 Å². The van der Waals surface area contributed by atoms with E-state index in [0.717, 1.165) is 8.66 Å². The van der Waals surface area contributed by atoms with Gasteiger partial charge in [-0.2, -0.15) is 0 Å². The van der Waals surface area contributed by atoms with E-state index in [4.69, 9.17) is 4.42 Å². The van der Waals surface area contributed by atoms with Gasteiger partial charge in [-0.1, -0.05) is 0 Å². The monoisotopic (exact) mass is 364 g/mol. The van der Waals surface area contributed by atoms with Crippen LogP contribution in [0.25, 0.3) is 0 Å². The quantitative estimate of drug-likeness (QED) is 0.824. The molecule has 0 atom stereocenters. The van der Waals surface area contributed by atoms with Gasteiger partial charge in [0, 0.05) is 11.4 Å². The maximum atomic E-state index is 12.0. The second-order valence-electron chi connectivity index (χ2n) is 3.78. The normalized spacial score (nSPS) is 11.9. The molecule has 19 heavy (non-hydrogen) atoms. The number of hydrogen-bond acceptors (Lipinski definition) is 5. The van der Waals surface area contributed by atoms with Crippen molar-refractivity contribution in [1.29, 1.82) is 0 Å². The topological polar surface area (TPSA) is 71.3 Å². The first-order valence-electron chi connectivity index (χ1n) is 5.48. The van der Waals surface area contributed by atoms with Gasteiger partial charge in [-0.15, -0.1) is 11.3 Å². The lowest BCUT2D eigenvalue weighted by Crippen LogP contribution is -2.22. The van der Waals surface area contributed by atoms with Crippen LogP contribution in [0.15, 0.2) is 37.6 Å². The van der Waals surface area contributed by atoms with Crippen LogP contribution >= 0.6 is 27.3 Å². The molecule has 2 aromatic heterocycles. The average molecular weight is 365 g/mol. The van der Waals surface area contributed by atoms with Crippen LogP contribution in [0.3, 0.4) is 0 Å². The fraction of sp³-hybridized carbons (Fsp3) is 0.273. The number of nitrogens with one attached hydrogen (secondary N) is 2. The summed E-state index contributed by atoms with van der Waals surface area (Å²) < 4.78 is 32.7. The van der Waals surface area contributed by atoms with Crippen molar-refractivity contribution < 1.29 is 12.8 Å². The SMILES string of the molecule is CNCc1ccc(S(=O)(=O)NCc2ccc(Br)s2)o1. The molecule has 0 unspecified atom stereocenters. The molecular formula is C11H13BrN2O3S2. The van der Waals surface area contributed by atoms with Gasteiger partial charge in [-0.25, -0.2) is 13.1 Å². The van der Waals surface area contributed by atoms with Crippen LogP contribution in [0.1, 0.15) is 10.6 Å². The van der Waals surface area contributed by atoms with Gasteiger partial charge in [0.15, 0.2) is 0 Å². The molecule has 0 aliphatic carbocycles. The van der Waals surface area contributed by atoms with Crippen LogP contribution in [0, 0.1) is 0 Å². The average Bonchev–Trinajstić information content (AvgIpc) is 2.97. The van der Waals surface area contributed by atoms with E-state index in [0.29, 0.717) is 12.3 Å². The first kappa shape index (κ1) is 14.7. The molecule has 0 aliphatic heterocycles. The van der Waals surface area contributed by atoms with Crippen molar-refractivity contribution in [2.45, 2.75) is 18.2 Å². The lowest BCUT2D eigenvalue weighted by atomic mass is 10.4. The van der Waals surface area contributed by atoms with Crippen molar-refractivity contribution in [2.75, 3.05) is 7.05 Å². The number of hydrogen-bond donors (Lipinski definition) is 2. The molecular weight excluding hydrogens is 352 g/mol. The second-order valence-corrected chi connectivity index (χ2v) is 8.03. The summed E-state index contributed by atoms with van der Waals surface area (Å²) in [6.07, 6.45) is 0. The van der Waals surface area contributed by atoms with E-state index in [1.807, 2.05) is 12.1 Å². The molecule has 8 heteroatoms. The summed E-state index contributed by atoms with van der Waals surface area (Å²) in [7, 11) is -1.83. The molecule has 2 rings (SSSR count). The highest BCUT2D eigenvalue weighted by molar-refractivity contribution is 9.11. The van der Waals surface area contributed by atoms with E-state index in [1.54, 1.807) is 13.1 Å². The Morgan fingerprint density at radius 1 is 1.26 bits per heavy atom. The highest BCUT2D eigenvalue weighted by Gasteiger charge is 2.18. The van der Waals surface area contributed by atoms with Crippen LogP contribution in [-0.4, -0.2) is 15.5 Å². The third-order valence-electron chi connectivity index (χ3n) is 2.32. The van der Waals surface area contributed by atoms with Crippen LogP contribution in [0.5, 0.6) is 0 Å². The lowest BCUT2D eigenvalue weighted by molar-refractivity contribution is 0.404. The van der Waals surface area contributed by atoms with E-state index >= 15 is 0 Å². The fourth-order valence-corrected chi connectivity index (χ4v) is 3.92. The molecule has 104 valence electrons. The highest BCUT2D eigenvalue weighted by Crippen LogP contribution is 2.22. The number of halogens is 1. The summed E-state index contributed by atoms with van der Waals surface area (Å²) in [5, 5.41) is 2.84. The Labute approximate surface area is 124 Å². The van der Waals surface area contributed by atoms with Crippen molar-refractivity contribution in [3.05, 3.63) is 38.7 Å². The Bertz CT molecular complexity index is 648. The molecule has 0 aliphatic rings. The standard InChI is InChI=1S/C11H13BrN2O3S2/c1-13-6-8-2-5-11(17-8)19(15,16)14-7-9-3-4-10(12)18-9/h2-5,13-14H,6-7H2,1H3. The Balaban J connectivity index is 2.04. The lowest BCUT2D eigenvalue weighted by Gasteiger charge is -2.02. The minimum atomic E-state index is -3.60. The molecule has 0 spiro atoms. The molecule has 0 radical (unpaired) electrons. The molecule has 5 nitrogen and oxygen atoms in total. The van der Waals surface area contributed by atoms with Crippen LogP contribution < -0.4 is 10.0 Å². The molecule has 0 saturated heterocycles. The van der Waals surface area contributed by atoms with Gasteiger partial charge >= 0.3 is 0 Å². The summed E-state index contributed by atoms with van der Waals surface area (Å²) >= 11 is 4.82. The first-order valence-corrected chi connectivity index (χ1v) is 8.58. The van der Waals surface area contributed by atoms with E-state index in [-0.39, 0.29) is 11.6 Å². The smallest absolute Gasteiger partial charge is 0.274 e. The highest BCUT2D eigenvalue weighted by atomic mass is 79.9. The molecule has 0 fully saturated rings. The van der Waals surface area contributed by atoms with Crippen molar-refractivity contribution in [3.8, 4) is 0 Å². The molecule has 2 N–H and O–H groups in total. The number of furan rings is 1. The van der Waals surface area contributed by atoms with Gasteiger partial charge in [-0.3, -0.25) is 0 Å². The Morgan fingerprint density at radius 2 is 2.05 bits per heavy atom. The van der Waals surface area contributed by atoms with E-state index in [9.17, 15) is 8.42 Å². The fourth-order valence-electron chi connectivity index (χ4n) is 1.46. The zero-order valence-electron chi connectivity index (χ0n) is 10.1. The van der Waals surface area contributed by atoms with Crippen LogP contribution in [-0.2, 0) is 23.1 Å². The summed E-state index contributed by atoms with van der Waals surface area (Å²) in [5.41, 5.74) is 0. The summed E-state index contributed by atoms with van der Waals surface area (Å²) in [6.45, 7) is 0.744. The minimum Gasteiger partial charge on any atom is -0.447 e. The molecule has 2 heterocycles. The van der Waals surface area contributed by atoms with Crippen molar-refractivity contribution >= 4 is 37.3 Å². The van der Waals surface area contributed by atoms with E-state index < -0.39 is 10.0 Å². The zero-order valence-corrected chi connectivity index (χ0v) is 13.4. The van der Waals surface area contributed by atoms with Crippen molar-refractivity contribution in [3.63, 3.8) is 0 Å². The first-order chi connectivity index (χ1) is 9.01. The third kappa shape index (κ3) is 3.90. The molecule has 0 aromatic carbocycles. The summed E-state index contributed by atoms with van der Waals surface area (Å²) in [5.74, 6) is 0.585. The molecule has 0 bridgehead atoms. The van der Waals surface area contributed by atoms with Gasteiger partial charge in [0.2, 0.25) is 5.09 Å². The minimum absolute atomic E-state index is 0.0617. The van der Waals surface area contributed by atoms with E-state index in [2.05, 4.69) is 26.0 Å². The summed E-state index contributed by atoms with van der Waals surface area (Å²) in [6, 6.07) is 6.85.